The maximum Gasteiger partial charge on any atom is 0.165 e. The molecule has 0 unspecified atom stereocenters. The number of rotatable bonds is 6. The van der Waals surface area contributed by atoms with Gasteiger partial charge in [0.15, 0.2) is 11.6 Å². The van der Waals surface area contributed by atoms with E-state index in [1.165, 1.54) is 6.07 Å². The molecule has 0 aliphatic rings. The number of nitriles is 1. The summed E-state index contributed by atoms with van der Waals surface area (Å²) in [5.41, 5.74) is 0.335. The molecular formula is C14H19FN2O. The zero-order valence-electron chi connectivity index (χ0n) is 11.1. The van der Waals surface area contributed by atoms with E-state index in [4.69, 9.17) is 10.00 Å². The van der Waals surface area contributed by atoms with Crippen molar-refractivity contribution in [1.82, 2.24) is 5.32 Å². The quantitative estimate of drug-likeness (QED) is 0.844. The largest absolute Gasteiger partial charge is 0.490 e. The van der Waals surface area contributed by atoms with Gasteiger partial charge < -0.3 is 10.1 Å². The number of halogens is 1. The Morgan fingerprint density at radius 3 is 2.78 bits per heavy atom. The fourth-order valence-corrected chi connectivity index (χ4v) is 1.51. The summed E-state index contributed by atoms with van der Waals surface area (Å²) < 4.78 is 19.1. The Hall–Kier alpha value is -1.60. The van der Waals surface area contributed by atoms with E-state index >= 15 is 0 Å². The van der Waals surface area contributed by atoms with Crippen molar-refractivity contribution in [3.8, 4) is 11.8 Å². The maximum absolute atomic E-state index is 13.7. The molecule has 0 aliphatic heterocycles. The van der Waals surface area contributed by atoms with Gasteiger partial charge in [-0.1, -0.05) is 12.1 Å². The van der Waals surface area contributed by atoms with Gasteiger partial charge in [0.05, 0.1) is 18.1 Å². The van der Waals surface area contributed by atoms with E-state index in [-0.39, 0.29) is 11.6 Å². The van der Waals surface area contributed by atoms with E-state index in [9.17, 15) is 4.39 Å². The Labute approximate surface area is 108 Å². The minimum absolute atomic E-state index is 0.278. The molecule has 0 aromatic heterocycles. The summed E-state index contributed by atoms with van der Waals surface area (Å²) in [5.74, 6) is -0.0851. The molecule has 1 rings (SSSR count). The molecule has 0 spiro atoms. The van der Waals surface area contributed by atoms with Crippen LogP contribution in [0.5, 0.6) is 5.75 Å². The molecule has 0 bridgehead atoms. The summed E-state index contributed by atoms with van der Waals surface area (Å²) in [6.45, 7) is 4.56. The Bertz CT molecular complexity index is 438. The molecule has 98 valence electrons. The molecule has 0 fully saturated rings. The average Bonchev–Trinajstić information content (AvgIpc) is 2.33. The Balaban J connectivity index is 2.70. The van der Waals surface area contributed by atoms with Gasteiger partial charge in [0.1, 0.15) is 0 Å². The van der Waals surface area contributed by atoms with Crippen molar-refractivity contribution in [2.75, 3.05) is 13.7 Å². The van der Waals surface area contributed by atoms with Crippen molar-refractivity contribution >= 4 is 0 Å². The number of para-hydroxylation sites is 1. The standard InChI is InChI=1S/C14H19FN2O/c1-14(2,10-16)7-8-18-13-11(9-17-3)5-4-6-12(13)15/h4-6,17H,7-9H2,1-3H3. The van der Waals surface area contributed by atoms with Crippen molar-refractivity contribution in [3.63, 3.8) is 0 Å². The molecule has 3 nitrogen and oxygen atoms in total. The molecule has 0 heterocycles. The van der Waals surface area contributed by atoms with Gasteiger partial charge in [0, 0.05) is 12.1 Å². The first-order chi connectivity index (χ1) is 8.50. The van der Waals surface area contributed by atoms with E-state index in [0.717, 1.165) is 5.56 Å². The highest BCUT2D eigenvalue weighted by Crippen LogP contribution is 2.25. The Morgan fingerprint density at radius 2 is 2.17 bits per heavy atom. The third-order valence-electron chi connectivity index (χ3n) is 2.69. The van der Waals surface area contributed by atoms with E-state index in [1.807, 2.05) is 19.9 Å². The van der Waals surface area contributed by atoms with Crippen LogP contribution in [0.4, 0.5) is 4.39 Å². The molecule has 0 amide bonds. The Morgan fingerprint density at radius 1 is 1.44 bits per heavy atom. The van der Waals surface area contributed by atoms with Gasteiger partial charge in [-0.2, -0.15) is 5.26 Å². The normalized spacial score (nSPS) is 11.1. The lowest BCUT2D eigenvalue weighted by Crippen LogP contribution is -2.15. The average molecular weight is 250 g/mol. The smallest absolute Gasteiger partial charge is 0.165 e. The van der Waals surface area contributed by atoms with Crippen LogP contribution in [0.1, 0.15) is 25.8 Å². The summed E-state index contributed by atoms with van der Waals surface area (Å²) in [6.07, 6.45) is 0.566. The fourth-order valence-electron chi connectivity index (χ4n) is 1.51. The van der Waals surface area contributed by atoms with Gasteiger partial charge in [-0.15, -0.1) is 0 Å². The minimum atomic E-state index is -0.450. The SMILES string of the molecule is CNCc1cccc(F)c1OCCC(C)(C)C#N. The second-order valence-corrected chi connectivity index (χ2v) is 4.85. The van der Waals surface area contributed by atoms with Crippen LogP contribution in [-0.2, 0) is 6.54 Å². The van der Waals surface area contributed by atoms with Gasteiger partial charge in [0.2, 0.25) is 0 Å². The molecule has 1 aromatic carbocycles. The molecule has 4 heteroatoms. The highest BCUT2D eigenvalue weighted by molar-refractivity contribution is 5.34. The van der Waals surface area contributed by atoms with E-state index < -0.39 is 5.41 Å². The second kappa shape index (κ2) is 6.36. The third kappa shape index (κ3) is 4.01. The molecule has 0 aliphatic carbocycles. The summed E-state index contributed by atoms with van der Waals surface area (Å²) in [5, 5.41) is 11.9. The third-order valence-corrected chi connectivity index (χ3v) is 2.69. The summed E-state index contributed by atoms with van der Waals surface area (Å²) >= 11 is 0. The highest BCUT2D eigenvalue weighted by Gasteiger charge is 2.17. The maximum atomic E-state index is 13.7. The van der Waals surface area contributed by atoms with Crippen molar-refractivity contribution in [3.05, 3.63) is 29.6 Å². The van der Waals surface area contributed by atoms with Gasteiger partial charge in [-0.3, -0.25) is 0 Å². The summed E-state index contributed by atoms with van der Waals surface area (Å²) in [7, 11) is 1.80. The molecule has 18 heavy (non-hydrogen) atoms. The molecule has 1 N–H and O–H groups in total. The number of nitrogens with one attached hydrogen (secondary N) is 1. The van der Waals surface area contributed by atoms with Crippen LogP contribution in [0.25, 0.3) is 0 Å². The summed E-state index contributed by atoms with van der Waals surface area (Å²) in [6, 6.07) is 7.06. The van der Waals surface area contributed by atoms with Crippen LogP contribution in [0.2, 0.25) is 0 Å². The number of hydrogen-bond acceptors (Lipinski definition) is 3. The van der Waals surface area contributed by atoms with Gasteiger partial charge in [0.25, 0.3) is 0 Å². The molecule has 0 saturated heterocycles. The highest BCUT2D eigenvalue weighted by atomic mass is 19.1. The first-order valence-corrected chi connectivity index (χ1v) is 5.96. The summed E-state index contributed by atoms with van der Waals surface area (Å²) in [4.78, 5) is 0. The molecule has 0 radical (unpaired) electrons. The van der Waals surface area contributed by atoms with Crippen molar-refractivity contribution in [2.45, 2.75) is 26.8 Å². The van der Waals surface area contributed by atoms with Gasteiger partial charge in [-0.05, 0) is 33.4 Å². The molecule has 0 saturated carbocycles. The fraction of sp³-hybridized carbons (Fsp3) is 0.500. The second-order valence-electron chi connectivity index (χ2n) is 4.85. The molecular weight excluding hydrogens is 231 g/mol. The molecule has 0 atom stereocenters. The molecule has 1 aromatic rings. The first kappa shape index (κ1) is 14.5. The van der Waals surface area contributed by atoms with Crippen LogP contribution in [0.3, 0.4) is 0 Å². The van der Waals surface area contributed by atoms with Crippen molar-refractivity contribution in [1.29, 1.82) is 5.26 Å². The van der Waals surface area contributed by atoms with E-state index in [2.05, 4.69) is 11.4 Å². The van der Waals surface area contributed by atoms with Crippen LogP contribution < -0.4 is 10.1 Å². The van der Waals surface area contributed by atoms with Gasteiger partial charge >= 0.3 is 0 Å². The monoisotopic (exact) mass is 250 g/mol. The van der Waals surface area contributed by atoms with Gasteiger partial charge in [-0.25, -0.2) is 4.39 Å². The predicted octanol–water partition coefficient (Wildman–Crippen LogP) is 2.86. The lowest BCUT2D eigenvalue weighted by molar-refractivity contribution is 0.252. The van der Waals surface area contributed by atoms with Crippen LogP contribution >= 0.6 is 0 Å². The number of ether oxygens (including phenoxy) is 1. The van der Waals surface area contributed by atoms with Crippen molar-refractivity contribution in [2.24, 2.45) is 5.41 Å². The number of benzene rings is 1. The predicted molar refractivity (Wildman–Crippen MR) is 68.7 cm³/mol. The van der Waals surface area contributed by atoms with E-state index in [1.54, 1.807) is 13.1 Å². The number of nitrogens with zero attached hydrogens (tertiary/aromatic N) is 1. The Kier molecular flexibility index (Phi) is 5.11. The van der Waals surface area contributed by atoms with Crippen LogP contribution in [0, 0.1) is 22.6 Å². The lowest BCUT2D eigenvalue weighted by Gasteiger charge is -2.17. The van der Waals surface area contributed by atoms with Crippen LogP contribution in [0.15, 0.2) is 18.2 Å². The zero-order chi connectivity index (χ0) is 13.6. The topological polar surface area (TPSA) is 45.0 Å². The van der Waals surface area contributed by atoms with Crippen LogP contribution in [-0.4, -0.2) is 13.7 Å². The number of hydrogen-bond donors (Lipinski definition) is 1. The zero-order valence-corrected chi connectivity index (χ0v) is 11.1. The van der Waals surface area contributed by atoms with E-state index in [0.29, 0.717) is 19.6 Å². The first-order valence-electron chi connectivity index (χ1n) is 5.96. The lowest BCUT2D eigenvalue weighted by atomic mass is 9.92. The van der Waals surface area contributed by atoms with Crippen molar-refractivity contribution < 1.29 is 9.13 Å². The minimum Gasteiger partial charge on any atom is -0.490 e.